The molecule has 0 amide bonds. The van der Waals surface area contributed by atoms with E-state index in [1.807, 2.05) is 12.1 Å². The van der Waals surface area contributed by atoms with Crippen molar-refractivity contribution in [1.82, 2.24) is 10.6 Å². The van der Waals surface area contributed by atoms with Crippen molar-refractivity contribution in [1.29, 1.82) is 0 Å². The van der Waals surface area contributed by atoms with E-state index < -0.39 is 0 Å². The van der Waals surface area contributed by atoms with Crippen LogP contribution in [-0.4, -0.2) is 67.3 Å². The van der Waals surface area contributed by atoms with E-state index in [9.17, 15) is 0 Å². The van der Waals surface area contributed by atoms with Crippen molar-refractivity contribution in [3.05, 3.63) is 17.7 Å². The predicted molar refractivity (Wildman–Crippen MR) is 129 cm³/mol. The van der Waals surface area contributed by atoms with Crippen molar-refractivity contribution in [3.8, 4) is 17.2 Å². The smallest absolute Gasteiger partial charge is 0.203 e. The third kappa shape index (κ3) is 8.73. The summed E-state index contributed by atoms with van der Waals surface area (Å²) in [6.07, 6.45) is 3.14. The fourth-order valence-electron chi connectivity index (χ4n) is 3.19. The second-order valence-electron chi connectivity index (χ2n) is 6.87. The molecule has 2 N–H and O–H groups in total. The lowest BCUT2D eigenvalue weighted by Gasteiger charge is -2.21. The second-order valence-corrected chi connectivity index (χ2v) is 6.87. The van der Waals surface area contributed by atoms with Gasteiger partial charge in [-0.25, -0.2) is 0 Å². The van der Waals surface area contributed by atoms with Crippen molar-refractivity contribution < 1.29 is 23.7 Å². The van der Waals surface area contributed by atoms with Gasteiger partial charge < -0.3 is 34.3 Å². The minimum atomic E-state index is 0. The molecule has 0 aromatic heterocycles. The van der Waals surface area contributed by atoms with Gasteiger partial charge in [-0.3, -0.25) is 4.99 Å². The quantitative estimate of drug-likeness (QED) is 0.195. The Hall–Kier alpha value is -1.46. The van der Waals surface area contributed by atoms with Gasteiger partial charge in [0.15, 0.2) is 17.5 Å². The molecule has 2 rings (SSSR count). The molecule has 1 saturated heterocycles. The first kappa shape index (κ1) is 26.6. The van der Waals surface area contributed by atoms with Gasteiger partial charge in [0.2, 0.25) is 5.75 Å². The Bertz CT molecular complexity index is 614. The lowest BCUT2D eigenvalue weighted by molar-refractivity contribution is 0.0203. The Morgan fingerprint density at radius 2 is 1.73 bits per heavy atom. The predicted octanol–water partition coefficient (Wildman–Crippen LogP) is 2.83. The van der Waals surface area contributed by atoms with E-state index in [-0.39, 0.29) is 24.0 Å². The van der Waals surface area contributed by atoms with E-state index in [1.54, 1.807) is 28.4 Å². The van der Waals surface area contributed by atoms with Crippen molar-refractivity contribution in [3.63, 3.8) is 0 Å². The average Bonchev–Trinajstić information content (AvgIpc) is 2.77. The largest absolute Gasteiger partial charge is 0.493 e. The Labute approximate surface area is 197 Å². The van der Waals surface area contributed by atoms with Crippen LogP contribution < -0.4 is 24.8 Å². The molecule has 1 aliphatic heterocycles. The third-order valence-corrected chi connectivity index (χ3v) is 4.86. The number of benzene rings is 1. The third-order valence-electron chi connectivity index (χ3n) is 4.86. The molecular formula is C21H36IN3O5. The molecular weight excluding hydrogens is 501 g/mol. The summed E-state index contributed by atoms with van der Waals surface area (Å²) in [7, 11) is 6.57. The number of hydrogen-bond donors (Lipinski definition) is 2. The van der Waals surface area contributed by atoms with Crippen LogP contribution in [0.3, 0.4) is 0 Å². The van der Waals surface area contributed by atoms with Gasteiger partial charge in [0.25, 0.3) is 0 Å². The standard InChI is InChI=1S/C21H35N3O5.HI/c1-22-21(23-8-5-9-29-15-16-6-10-28-11-7-16)24-14-17-12-18(25-2)20(27-4)19(13-17)26-3;/h12-13,16H,5-11,14-15H2,1-4H3,(H2,22,23,24);1H. The maximum absolute atomic E-state index is 5.80. The first-order chi connectivity index (χ1) is 14.2. The summed E-state index contributed by atoms with van der Waals surface area (Å²) in [4.78, 5) is 4.27. The monoisotopic (exact) mass is 537 g/mol. The molecule has 1 heterocycles. The molecule has 0 radical (unpaired) electrons. The fraction of sp³-hybridized carbons (Fsp3) is 0.667. The zero-order chi connectivity index (χ0) is 20.9. The van der Waals surface area contributed by atoms with Gasteiger partial charge in [0.1, 0.15) is 0 Å². The van der Waals surface area contributed by atoms with Gasteiger partial charge >= 0.3 is 0 Å². The Kier molecular flexibility index (Phi) is 13.6. The van der Waals surface area contributed by atoms with Crippen molar-refractivity contribution in [2.24, 2.45) is 10.9 Å². The molecule has 0 spiro atoms. The molecule has 8 nitrogen and oxygen atoms in total. The summed E-state index contributed by atoms with van der Waals surface area (Å²) in [5.41, 5.74) is 1.00. The van der Waals surface area contributed by atoms with Crippen LogP contribution >= 0.6 is 24.0 Å². The first-order valence-electron chi connectivity index (χ1n) is 10.1. The number of aliphatic imine (C=N–C) groups is 1. The normalized spacial score (nSPS) is 14.6. The molecule has 1 aromatic rings. The number of ether oxygens (including phenoxy) is 5. The number of halogens is 1. The van der Waals surface area contributed by atoms with Gasteiger partial charge in [0.05, 0.1) is 21.3 Å². The molecule has 0 atom stereocenters. The molecule has 1 aromatic carbocycles. The van der Waals surface area contributed by atoms with E-state index in [0.717, 1.165) is 63.8 Å². The van der Waals surface area contributed by atoms with E-state index in [0.29, 0.717) is 29.7 Å². The van der Waals surface area contributed by atoms with Crippen LogP contribution in [0.1, 0.15) is 24.8 Å². The molecule has 30 heavy (non-hydrogen) atoms. The number of methoxy groups -OCH3 is 3. The number of nitrogens with zero attached hydrogens (tertiary/aromatic N) is 1. The average molecular weight is 537 g/mol. The summed E-state index contributed by atoms with van der Waals surface area (Å²) in [5, 5.41) is 6.61. The topological polar surface area (TPSA) is 82.6 Å². The lowest BCUT2D eigenvalue weighted by atomic mass is 10.0. The Morgan fingerprint density at radius 1 is 1.07 bits per heavy atom. The minimum absolute atomic E-state index is 0. The molecule has 172 valence electrons. The molecule has 9 heteroatoms. The van der Waals surface area contributed by atoms with Crippen molar-refractivity contribution in [2.45, 2.75) is 25.8 Å². The zero-order valence-corrected chi connectivity index (χ0v) is 20.8. The highest BCUT2D eigenvalue weighted by Gasteiger charge is 2.14. The fourth-order valence-corrected chi connectivity index (χ4v) is 3.19. The van der Waals surface area contributed by atoms with Gasteiger partial charge in [0, 0.05) is 46.6 Å². The Morgan fingerprint density at radius 3 is 2.30 bits per heavy atom. The molecule has 0 unspecified atom stereocenters. The van der Waals surface area contributed by atoms with Crippen LogP contribution in [0.4, 0.5) is 0 Å². The summed E-state index contributed by atoms with van der Waals surface area (Å²) in [6.45, 7) is 4.68. The molecule has 1 aliphatic rings. The molecule has 0 saturated carbocycles. The summed E-state index contributed by atoms with van der Waals surface area (Å²) in [5.74, 6) is 3.23. The van der Waals surface area contributed by atoms with E-state index in [2.05, 4.69) is 15.6 Å². The minimum Gasteiger partial charge on any atom is -0.493 e. The lowest BCUT2D eigenvalue weighted by Crippen LogP contribution is -2.37. The first-order valence-corrected chi connectivity index (χ1v) is 10.1. The van der Waals surface area contributed by atoms with Crippen LogP contribution in [0.5, 0.6) is 17.2 Å². The summed E-state index contributed by atoms with van der Waals surface area (Å²) in [6, 6.07) is 3.84. The number of hydrogen-bond acceptors (Lipinski definition) is 6. The van der Waals surface area contributed by atoms with Crippen LogP contribution in [-0.2, 0) is 16.0 Å². The molecule has 1 fully saturated rings. The maximum atomic E-state index is 5.80. The highest BCUT2D eigenvalue weighted by atomic mass is 127. The van der Waals surface area contributed by atoms with Crippen LogP contribution in [0.25, 0.3) is 0 Å². The van der Waals surface area contributed by atoms with Gasteiger partial charge in [-0.15, -0.1) is 24.0 Å². The van der Waals surface area contributed by atoms with Crippen molar-refractivity contribution >= 4 is 29.9 Å². The van der Waals surface area contributed by atoms with Crippen molar-refractivity contribution in [2.75, 3.05) is 61.3 Å². The number of rotatable bonds is 11. The number of nitrogens with one attached hydrogen (secondary N) is 2. The van der Waals surface area contributed by atoms with Crippen LogP contribution in [0.15, 0.2) is 17.1 Å². The van der Waals surface area contributed by atoms with Gasteiger partial charge in [-0.2, -0.15) is 0 Å². The highest BCUT2D eigenvalue weighted by molar-refractivity contribution is 14.0. The second kappa shape index (κ2) is 15.4. The molecule has 0 bridgehead atoms. The van der Waals surface area contributed by atoms with E-state index >= 15 is 0 Å². The summed E-state index contributed by atoms with van der Waals surface area (Å²) >= 11 is 0. The maximum Gasteiger partial charge on any atom is 0.203 e. The zero-order valence-electron chi connectivity index (χ0n) is 18.5. The highest BCUT2D eigenvalue weighted by Crippen LogP contribution is 2.38. The SMILES string of the molecule is CN=C(NCCCOCC1CCOCC1)NCc1cc(OC)c(OC)c(OC)c1.I. The van der Waals surface area contributed by atoms with E-state index in [1.165, 1.54) is 0 Å². The van der Waals surface area contributed by atoms with Crippen LogP contribution in [0, 0.1) is 5.92 Å². The van der Waals surface area contributed by atoms with Crippen LogP contribution in [0.2, 0.25) is 0 Å². The Balaban J connectivity index is 0.00000450. The van der Waals surface area contributed by atoms with Gasteiger partial charge in [-0.05, 0) is 42.9 Å². The molecule has 0 aliphatic carbocycles. The van der Waals surface area contributed by atoms with E-state index in [4.69, 9.17) is 23.7 Å². The number of guanidine groups is 1. The summed E-state index contributed by atoms with van der Waals surface area (Å²) < 4.78 is 27.3. The van der Waals surface area contributed by atoms with Gasteiger partial charge in [-0.1, -0.05) is 0 Å².